The zero-order valence-corrected chi connectivity index (χ0v) is 11.9. The third kappa shape index (κ3) is 2.38. The van der Waals surface area contributed by atoms with E-state index in [0.717, 1.165) is 43.1 Å². The van der Waals surface area contributed by atoms with Gasteiger partial charge in [-0.2, -0.15) is 0 Å². The molecular formula is C15H22N4O. The molecule has 20 heavy (non-hydrogen) atoms. The summed E-state index contributed by atoms with van der Waals surface area (Å²) in [5.74, 6) is 0.948. The molecule has 5 heteroatoms. The molecule has 1 saturated carbocycles. The van der Waals surface area contributed by atoms with E-state index in [-0.39, 0.29) is 5.84 Å². The SMILES string of the molecule is Cc1ccc(C(=N)N)c(N2CCOC3CCCCC32)n1. The number of aryl methyl sites for hydroxylation is 1. The highest BCUT2D eigenvalue weighted by atomic mass is 16.5. The van der Waals surface area contributed by atoms with E-state index >= 15 is 0 Å². The summed E-state index contributed by atoms with van der Waals surface area (Å²) in [4.78, 5) is 6.98. The van der Waals surface area contributed by atoms with Crippen molar-refractivity contribution >= 4 is 11.7 Å². The molecule has 1 aliphatic carbocycles. The van der Waals surface area contributed by atoms with Gasteiger partial charge in [-0.3, -0.25) is 5.41 Å². The number of pyridine rings is 1. The maximum atomic E-state index is 7.78. The lowest BCUT2D eigenvalue weighted by molar-refractivity contribution is -0.00900. The molecule has 5 nitrogen and oxygen atoms in total. The van der Waals surface area contributed by atoms with Crippen molar-refractivity contribution in [3.05, 3.63) is 23.4 Å². The van der Waals surface area contributed by atoms with E-state index in [9.17, 15) is 0 Å². The minimum atomic E-state index is 0.0892. The summed E-state index contributed by atoms with van der Waals surface area (Å²) in [7, 11) is 0. The van der Waals surface area contributed by atoms with E-state index in [1.165, 1.54) is 12.8 Å². The van der Waals surface area contributed by atoms with Crippen LogP contribution in [0.4, 0.5) is 5.82 Å². The Morgan fingerprint density at radius 1 is 1.40 bits per heavy atom. The number of rotatable bonds is 2. The zero-order chi connectivity index (χ0) is 14.1. The van der Waals surface area contributed by atoms with E-state index in [2.05, 4.69) is 9.88 Å². The van der Waals surface area contributed by atoms with Crippen LogP contribution in [0.25, 0.3) is 0 Å². The Morgan fingerprint density at radius 3 is 3.00 bits per heavy atom. The fraction of sp³-hybridized carbons (Fsp3) is 0.600. The summed E-state index contributed by atoms with van der Waals surface area (Å²) in [5.41, 5.74) is 7.42. The predicted octanol–water partition coefficient (Wildman–Crippen LogP) is 1.82. The minimum absolute atomic E-state index is 0.0892. The van der Waals surface area contributed by atoms with Gasteiger partial charge in [0.1, 0.15) is 11.7 Å². The molecular weight excluding hydrogens is 252 g/mol. The van der Waals surface area contributed by atoms with Crippen molar-refractivity contribution < 1.29 is 4.74 Å². The lowest BCUT2D eigenvalue weighted by atomic mass is 9.90. The van der Waals surface area contributed by atoms with Crippen LogP contribution in [0.5, 0.6) is 0 Å². The molecule has 2 atom stereocenters. The van der Waals surface area contributed by atoms with Crippen LogP contribution in [0.2, 0.25) is 0 Å². The summed E-state index contributed by atoms with van der Waals surface area (Å²) in [5, 5.41) is 7.78. The Hall–Kier alpha value is -1.62. The lowest BCUT2D eigenvalue weighted by Crippen LogP contribution is -2.53. The number of ether oxygens (including phenoxy) is 1. The third-order valence-electron chi connectivity index (χ3n) is 4.31. The monoisotopic (exact) mass is 274 g/mol. The van der Waals surface area contributed by atoms with Gasteiger partial charge < -0.3 is 15.4 Å². The maximum Gasteiger partial charge on any atom is 0.140 e. The third-order valence-corrected chi connectivity index (χ3v) is 4.31. The van der Waals surface area contributed by atoms with Gasteiger partial charge in [0.05, 0.1) is 24.3 Å². The van der Waals surface area contributed by atoms with Crippen molar-refractivity contribution in [2.24, 2.45) is 5.73 Å². The molecule has 1 saturated heterocycles. The molecule has 0 bridgehead atoms. The second kappa shape index (κ2) is 5.40. The van der Waals surface area contributed by atoms with Gasteiger partial charge in [-0.05, 0) is 31.9 Å². The van der Waals surface area contributed by atoms with Crippen molar-refractivity contribution in [1.82, 2.24) is 4.98 Å². The van der Waals surface area contributed by atoms with Crippen LogP contribution < -0.4 is 10.6 Å². The topological polar surface area (TPSA) is 75.2 Å². The Balaban J connectivity index is 1.98. The van der Waals surface area contributed by atoms with Gasteiger partial charge >= 0.3 is 0 Å². The number of hydrogen-bond donors (Lipinski definition) is 2. The first-order chi connectivity index (χ1) is 9.66. The van der Waals surface area contributed by atoms with Crippen LogP contribution in [-0.4, -0.2) is 36.1 Å². The van der Waals surface area contributed by atoms with Crippen LogP contribution in [0.15, 0.2) is 12.1 Å². The normalized spacial score (nSPS) is 26.1. The number of morpholine rings is 1. The van der Waals surface area contributed by atoms with Gasteiger partial charge in [0, 0.05) is 12.2 Å². The summed E-state index contributed by atoms with van der Waals surface area (Å²) in [6.07, 6.45) is 5.05. The van der Waals surface area contributed by atoms with Crippen molar-refractivity contribution in [2.75, 3.05) is 18.1 Å². The molecule has 0 aromatic carbocycles. The number of amidine groups is 1. The molecule has 2 fully saturated rings. The number of nitrogens with one attached hydrogen (secondary N) is 1. The molecule has 108 valence electrons. The molecule has 3 N–H and O–H groups in total. The first kappa shape index (κ1) is 13.4. The van der Waals surface area contributed by atoms with E-state index in [0.29, 0.717) is 12.1 Å². The molecule has 0 radical (unpaired) electrons. The second-order valence-corrected chi connectivity index (χ2v) is 5.69. The van der Waals surface area contributed by atoms with E-state index in [4.69, 9.17) is 15.9 Å². The van der Waals surface area contributed by atoms with E-state index < -0.39 is 0 Å². The van der Waals surface area contributed by atoms with Crippen molar-refractivity contribution in [3.8, 4) is 0 Å². The molecule has 0 amide bonds. The van der Waals surface area contributed by atoms with E-state index in [1.807, 2.05) is 19.1 Å². The zero-order valence-electron chi connectivity index (χ0n) is 11.9. The molecule has 0 spiro atoms. The number of nitrogen functional groups attached to an aromatic ring is 1. The Labute approximate surface area is 119 Å². The molecule has 2 unspecified atom stereocenters. The first-order valence-electron chi connectivity index (χ1n) is 7.37. The van der Waals surface area contributed by atoms with Gasteiger partial charge in [0.15, 0.2) is 0 Å². The summed E-state index contributed by atoms with van der Waals surface area (Å²) < 4.78 is 5.91. The lowest BCUT2D eigenvalue weighted by Gasteiger charge is -2.45. The summed E-state index contributed by atoms with van der Waals surface area (Å²) in [6, 6.07) is 4.21. The standard InChI is InChI=1S/C15H22N4O/c1-10-6-7-11(14(16)17)15(18-10)19-8-9-20-13-5-3-2-4-12(13)19/h6-7,12-13H,2-5,8-9H2,1H3,(H3,16,17). The van der Waals surface area contributed by atoms with E-state index in [1.54, 1.807) is 0 Å². The highest BCUT2D eigenvalue weighted by Crippen LogP contribution is 2.32. The molecule has 1 aliphatic heterocycles. The number of fused-ring (bicyclic) bond motifs is 1. The van der Waals surface area contributed by atoms with Crippen molar-refractivity contribution in [1.29, 1.82) is 5.41 Å². The summed E-state index contributed by atoms with van der Waals surface area (Å²) in [6.45, 7) is 3.54. The molecule has 1 aromatic rings. The van der Waals surface area contributed by atoms with Crippen molar-refractivity contribution in [3.63, 3.8) is 0 Å². The van der Waals surface area contributed by atoms with Gasteiger partial charge in [0.25, 0.3) is 0 Å². The molecule has 2 heterocycles. The highest BCUT2D eigenvalue weighted by Gasteiger charge is 2.35. The number of aromatic nitrogens is 1. The molecule has 3 rings (SSSR count). The largest absolute Gasteiger partial charge is 0.384 e. The average Bonchev–Trinajstić information content (AvgIpc) is 2.46. The molecule has 2 aliphatic rings. The Kier molecular flexibility index (Phi) is 3.61. The van der Waals surface area contributed by atoms with Crippen LogP contribution >= 0.6 is 0 Å². The molecule has 1 aromatic heterocycles. The Bertz CT molecular complexity index is 515. The first-order valence-corrected chi connectivity index (χ1v) is 7.37. The fourth-order valence-electron chi connectivity index (χ4n) is 3.33. The van der Waals surface area contributed by atoms with Crippen LogP contribution in [0.3, 0.4) is 0 Å². The minimum Gasteiger partial charge on any atom is -0.384 e. The second-order valence-electron chi connectivity index (χ2n) is 5.69. The Morgan fingerprint density at radius 2 is 2.20 bits per heavy atom. The van der Waals surface area contributed by atoms with Gasteiger partial charge in [0.2, 0.25) is 0 Å². The van der Waals surface area contributed by atoms with Crippen LogP contribution in [0.1, 0.15) is 36.9 Å². The van der Waals surface area contributed by atoms with Gasteiger partial charge in [-0.25, -0.2) is 4.98 Å². The van der Waals surface area contributed by atoms with Gasteiger partial charge in [-0.15, -0.1) is 0 Å². The van der Waals surface area contributed by atoms with Crippen LogP contribution in [-0.2, 0) is 4.74 Å². The predicted molar refractivity (Wildman–Crippen MR) is 79.3 cm³/mol. The van der Waals surface area contributed by atoms with Crippen LogP contribution in [0, 0.1) is 12.3 Å². The van der Waals surface area contributed by atoms with Crippen molar-refractivity contribution in [2.45, 2.75) is 44.8 Å². The highest BCUT2D eigenvalue weighted by molar-refractivity contribution is 5.99. The fourth-order valence-corrected chi connectivity index (χ4v) is 3.33. The number of nitrogens with two attached hydrogens (primary N) is 1. The number of nitrogens with zero attached hydrogens (tertiary/aromatic N) is 2. The average molecular weight is 274 g/mol. The maximum absolute atomic E-state index is 7.78. The number of anilines is 1. The quantitative estimate of drug-likeness (QED) is 0.637. The smallest absolute Gasteiger partial charge is 0.140 e. The summed E-state index contributed by atoms with van der Waals surface area (Å²) >= 11 is 0. The number of hydrogen-bond acceptors (Lipinski definition) is 4. The van der Waals surface area contributed by atoms with Gasteiger partial charge in [-0.1, -0.05) is 12.8 Å².